The van der Waals surface area contributed by atoms with Crippen molar-refractivity contribution in [1.82, 2.24) is 14.5 Å². The average Bonchev–Trinajstić information content (AvgIpc) is 3.10. The van der Waals surface area contributed by atoms with E-state index in [-0.39, 0.29) is 18.9 Å². The quantitative estimate of drug-likeness (QED) is 0.569. The maximum Gasteiger partial charge on any atom is 0.416 e. The number of alkyl halides is 3. The number of hydrogen-bond donors (Lipinski definition) is 1. The minimum absolute atomic E-state index is 0.105. The Labute approximate surface area is 190 Å². The smallest absolute Gasteiger partial charge is 0.416 e. The van der Waals surface area contributed by atoms with Crippen molar-refractivity contribution in [2.75, 3.05) is 6.61 Å². The molecule has 1 aliphatic carbocycles. The summed E-state index contributed by atoms with van der Waals surface area (Å²) in [5, 5.41) is 4.18. The highest BCUT2D eigenvalue weighted by Crippen LogP contribution is 2.35. The number of aromatic nitrogens is 2. The van der Waals surface area contributed by atoms with Crippen LogP contribution < -0.4 is 9.46 Å². The Kier molecular flexibility index (Phi) is 7.37. The summed E-state index contributed by atoms with van der Waals surface area (Å²) in [4.78, 5) is 11.3. The van der Waals surface area contributed by atoms with Crippen LogP contribution in [0.2, 0.25) is 0 Å². The van der Waals surface area contributed by atoms with Crippen molar-refractivity contribution >= 4 is 16.0 Å². The SMILES string of the molecule is CCOC(=O)Cn1ncc2c1CCCC2NS(=O)(=O)c1cc(OC(C)C)cc(C(F)(F)F)c1. The predicted octanol–water partition coefficient (Wildman–Crippen LogP) is 3.61. The number of esters is 1. The minimum Gasteiger partial charge on any atom is -0.491 e. The number of ether oxygens (including phenoxy) is 2. The van der Waals surface area contributed by atoms with Crippen LogP contribution in [0.1, 0.15) is 56.5 Å². The highest BCUT2D eigenvalue weighted by molar-refractivity contribution is 7.89. The van der Waals surface area contributed by atoms with Crippen LogP contribution in [0.25, 0.3) is 0 Å². The number of fused-ring (bicyclic) bond motifs is 1. The van der Waals surface area contributed by atoms with E-state index in [1.165, 1.54) is 10.9 Å². The second kappa shape index (κ2) is 9.72. The summed E-state index contributed by atoms with van der Waals surface area (Å²) in [7, 11) is -4.32. The van der Waals surface area contributed by atoms with Crippen LogP contribution in [-0.4, -0.2) is 36.9 Å². The molecule has 0 spiro atoms. The fraction of sp³-hybridized carbons (Fsp3) is 0.524. The number of nitrogens with zero attached hydrogens (tertiary/aromatic N) is 2. The van der Waals surface area contributed by atoms with Crippen molar-refractivity contribution in [3.63, 3.8) is 0 Å². The second-order valence-electron chi connectivity index (χ2n) is 7.93. The van der Waals surface area contributed by atoms with E-state index in [0.29, 0.717) is 36.6 Å². The Bertz CT molecular complexity index is 1110. The Morgan fingerprint density at radius 3 is 2.67 bits per heavy atom. The van der Waals surface area contributed by atoms with Crippen molar-refractivity contribution in [3.05, 3.63) is 41.2 Å². The number of sulfonamides is 1. The Balaban J connectivity index is 1.90. The molecule has 8 nitrogen and oxygen atoms in total. The van der Waals surface area contributed by atoms with Crippen LogP contribution >= 0.6 is 0 Å². The number of halogens is 3. The largest absolute Gasteiger partial charge is 0.491 e. The van der Waals surface area contributed by atoms with E-state index in [1.54, 1.807) is 20.8 Å². The molecule has 2 aromatic rings. The molecule has 33 heavy (non-hydrogen) atoms. The molecular formula is C21H26F3N3O5S. The van der Waals surface area contributed by atoms with Gasteiger partial charge in [-0.2, -0.15) is 18.3 Å². The first-order valence-corrected chi connectivity index (χ1v) is 12.0. The van der Waals surface area contributed by atoms with Gasteiger partial charge in [-0.25, -0.2) is 13.1 Å². The summed E-state index contributed by atoms with van der Waals surface area (Å²) in [6.45, 7) is 5.07. The molecule has 0 saturated carbocycles. The fourth-order valence-electron chi connectivity index (χ4n) is 3.69. The molecular weight excluding hydrogens is 463 g/mol. The maximum absolute atomic E-state index is 13.4. The molecule has 12 heteroatoms. The molecule has 1 heterocycles. The van der Waals surface area contributed by atoms with E-state index in [0.717, 1.165) is 12.1 Å². The molecule has 0 radical (unpaired) electrons. The second-order valence-corrected chi connectivity index (χ2v) is 9.65. The Morgan fingerprint density at radius 2 is 2.03 bits per heavy atom. The van der Waals surface area contributed by atoms with Gasteiger partial charge in [0, 0.05) is 17.3 Å². The number of benzene rings is 1. The molecule has 182 valence electrons. The van der Waals surface area contributed by atoms with Crippen molar-refractivity contribution in [1.29, 1.82) is 0 Å². The molecule has 1 atom stereocenters. The maximum atomic E-state index is 13.4. The minimum atomic E-state index is -4.74. The molecule has 1 N–H and O–H groups in total. The third-order valence-electron chi connectivity index (χ3n) is 5.03. The summed E-state index contributed by atoms with van der Waals surface area (Å²) < 4.78 is 80.5. The third kappa shape index (κ3) is 6.05. The standard InChI is InChI=1S/C21H26F3N3O5S/c1-4-31-20(28)12-27-19-7-5-6-18(17(19)11-25-27)26-33(29,30)16-9-14(21(22,23)24)8-15(10-16)32-13(2)3/h8-11,13,18,26H,4-7,12H2,1-3H3. The van der Waals surface area contributed by atoms with E-state index in [1.807, 2.05) is 0 Å². The van der Waals surface area contributed by atoms with Crippen LogP contribution in [-0.2, 0) is 38.7 Å². The van der Waals surface area contributed by atoms with Gasteiger partial charge in [-0.3, -0.25) is 9.48 Å². The van der Waals surface area contributed by atoms with Crippen molar-refractivity contribution < 1.29 is 35.9 Å². The van der Waals surface area contributed by atoms with Gasteiger partial charge in [-0.1, -0.05) is 0 Å². The summed E-state index contributed by atoms with van der Waals surface area (Å²) in [6.07, 6.45) is -2.08. The lowest BCUT2D eigenvalue weighted by Gasteiger charge is -2.24. The highest BCUT2D eigenvalue weighted by Gasteiger charge is 2.34. The van der Waals surface area contributed by atoms with E-state index in [4.69, 9.17) is 9.47 Å². The zero-order chi connectivity index (χ0) is 24.4. The third-order valence-corrected chi connectivity index (χ3v) is 6.48. The van der Waals surface area contributed by atoms with Gasteiger partial charge in [0.2, 0.25) is 10.0 Å². The van der Waals surface area contributed by atoms with E-state index in [9.17, 15) is 26.4 Å². The van der Waals surface area contributed by atoms with Gasteiger partial charge < -0.3 is 9.47 Å². The summed E-state index contributed by atoms with van der Waals surface area (Å²) in [5.41, 5.74) is 0.155. The number of carbonyl (C=O) groups excluding carboxylic acids is 1. The predicted molar refractivity (Wildman–Crippen MR) is 112 cm³/mol. The zero-order valence-electron chi connectivity index (χ0n) is 18.5. The van der Waals surface area contributed by atoms with Crippen molar-refractivity contribution in [2.45, 2.75) is 69.8 Å². The Hall–Kier alpha value is -2.60. The lowest BCUT2D eigenvalue weighted by atomic mass is 9.94. The molecule has 0 fully saturated rings. The summed E-state index contributed by atoms with van der Waals surface area (Å²) >= 11 is 0. The molecule has 0 bridgehead atoms. The molecule has 0 saturated heterocycles. The molecule has 0 aliphatic heterocycles. The molecule has 1 aromatic carbocycles. The van der Waals surface area contributed by atoms with Crippen molar-refractivity contribution in [3.8, 4) is 5.75 Å². The van der Waals surface area contributed by atoms with Gasteiger partial charge in [0.05, 0.1) is 35.4 Å². The number of nitrogens with one attached hydrogen (secondary N) is 1. The first-order valence-electron chi connectivity index (χ1n) is 10.5. The van der Waals surface area contributed by atoms with Crippen LogP contribution in [0.15, 0.2) is 29.3 Å². The molecule has 3 rings (SSSR count). The Morgan fingerprint density at radius 1 is 1.30 bits per heavy atom. The van der Waals surface area contributed by atoms with Gasteiger partial charge in [0.15, 0.2) is 0 Å². The molecule has 1 unspecified atom stereocenters. The molecule has 1 aromatic heterocycles. The van der Waals surface area contributed by atoms with Crippen LogP contribution in [0.5, 0.6) is 5.75 Å². The lowest BCUT2D eigenvalue weighted by Crippen LogP contribution is -2.31. The van der Waals surface area contributed by atoms with Crippen LogP contribution in [0.3, 0.4) is 0 Å². The number of carbonyl (C=O) groups is 1. The topological polar surface area (TPSA) is 99.5 Å². The van der Waals surface area contributed by atoms with Gasteiger partial charge in [-0.05, 0) is 52.2 Å². The number of rotatable bonds is 8. The van der Waals surface area contributed by atoms with Gasteiger partial charge in [0.25, 0.3) is 0 Å². The number of hydrogen-bond acceptors (Lipinski definition) is 6. The summed E-state index contributed by atoms with van der Waals surface area (Å²) in [5.74, 6) is -0.653. The van der Waals surface area contributed by atoms with E-state index in [2.05, 4.69) is 9.82 Å². The first-order chi connectivity index (χ1) is 15.4. The van der Waals surface area contributed by atoms with Gasteiger partial charge >= 0.3 is 12.1 Å². The molecule has 0 amide bonds. The van der Waals surface area contributed by atoms with E-state index >= 15 is 0 Å². The normalized spacial score (nSPS) is 16.5. The average molecular weight is 490 g/mol. The van der Waals surface area contributed by atoms with Gasteiger partial charge in [-0.15, -0.1) is 0 Å². The van der Waals surface area contributed by atoms with E-state index < -0.39 is 44.8 Å². The zero-order valence-corrected chi connectivity index (χ0v) is 19.3. The fourth-order valence-corrected chi connectivity index (χ4v) is 5.00. The van der Waals surface area contributed by atoms with Crippen molar-refractivity contribution in [2.24, 2.45) is 0 Å². The monoisotopic (exact) mass is 489 g/mol. The summed E-state index contributed by atoms with van der Waals surface area (Å²) in [6, 6.07) is 1.74. The van der Waals surface area contributed by atoms with Crippen LogP contribution in [0, 0.1) is 0 Å². The first kappa shape index (κ1) is 25.0. The molecule has 1 aliphatic rings. The lowest BCUT2D eigenvalue weighted by molar-refractivity contribution is -0.144. The van der Waals surface area contributed by atoms with Gasteiger partial charge in [0.1, 0.15) is 12.3 Å². The highest BCUT2D eigenvalue weighted by atomic mass is 32.2. The van der Waals surface area contributed by atoms with Crippen LogP contribution in [0.4, 0.5) is 13.2 Å².